The number of nitrogens with one attached hydrogen (secondary N) is 2. The Labute approximate surface area is 152 Å². The van der Waals surface area contributed by atoms with Crippen LogP contribution in [0.25, 0.3) is 11.3 Å². The molecule has 132 valence electrons. The SMILES string of the molecule is CC1(C(=O)N2CCc3[nH]nc(-c4ccc(Cl)cc4)c3C2)CCNCC1. The van der Waals surface area contributed by atoms with Crippen molar-refractivity contribution in [2.45, 2.75) is 32.7 Å². The fourth-order valence-electron chi connectivity index (χ4n) is 3.89. The van der Waals surface area contributed by atoms with Gasteiger partial charge in [-0.05, 0) is 38.1 Å². The van der Waals surface area contributed by atoms with Crippen molar-refractivity contribution in [1.82, 2.24) is 20.4 Å². The molecular weight excluding hydrogens is 336 g/mol. The molecule has 5 nitrogen and oxygen atoms in total. The maximum atomic E-state index is 13.1. The van der Waals surface area contributed by atoms with Gasteiger partial charge in [0.2, 0.25) is 5.91 Å². The number of aromatic nitrogens is 2. The first kappa shape index (κ1) is 16.6. The van der Waals surface area contributed by atoms with E-state index < -0.39 is 0 Å². The minimum Gasteiger partial charge on any atom is -0.337 e. The number of aromatic amines is 1. The number of H-pyrrole nitrogens is 1. The molecule has 0 bridgehead atoms. The summed E-state index contributed by atoms with van der Waals surface area (Å²) in [7, 11) is 0. The molecule has 1 saturated heterocycles. The Bertz CT molecular complexity index is 777. The Hall–Kier alpha value is -1.85. The van der Waals surface area contributed by atoms with Crippen LogP contribution in [-0.2, 0) is 17.8 Å². The van der Waals surface area contributed by atoms with Gasteiger partial charge in [-0.15, -0.1) is 0 Å². The fourth-order valence-corrected chi connectivity index (χ4v) is 4.02. The van der Waals surface area contributed by atoms with Gasteiger partial charge < -0.3 is 10.2 Å². The molecule has 2 N–H and O–H groups in total. The summed E-state index contributed by atoms with van der Waals surface area (Å²) in [5.41, 5.74) is 4.00. The van der Waals surface area contributed by atoms with Crippen LogP contribution >= 0.6 is 11.6 Å². The first-order valence-corrected chi connectivity index (χ1v) is 9.27. The average molecular weight is 359 g/mol. The lowest BCUT2D eigenvalue weighted by molar-refractivity contribution is -0.143. The zero-order valence-corrected chi connectivity index (χ0v) is 15.2. The second-order valence-electron chi connectivity index (χ2n) is 7.32. The maximum Gasteiger partial charge on any atom is 0.228 e. The van der Waals surface area contributed by atoms with E-state index in [1.54, 1.807) is 0 Å². The van der Waals surface area contributed by atoms with E-state index in [1.165, 1.54) is 0 Å². The number of benzene rings is 1. The number of piperidine rings is 1. The van der Waals surface area contributed by atoms with Gasteiger partial charge in [-0.1, -0.05) is 30.7 Å². The Morgan fingerprint density at radius 3 is 2.68 bits per heavy atom. The van der Waals surface area contributed by atoms with E-state index in [0.29, 0.717) is 11.6 Å². The summed E-state index contributed by atoms with van der Waals surface area (Å²) in [6.07, 6.45) is 2.64. The van der Waals surface area contributed by atoms with E-state index in [1.807, 2.05) is 29.2 Å². The first-order chi connectivity index (χ1) is 12.1. The second kappa shape index (κ2) is 6.46. The standard InChI is InChI=1S/C19H23ClN4O/c1-19(7-9-21-10-8-19)18(25)24-11-6-16-15(12-24)17(23-22-16)13-2-4-14(20)5-3-13/h2-5,21H,6-12H2,1H3,(H,22,23). The zero-order chi connectivity index (χ0) is 17.4. The molecule has 6 heteroatoms. The highest BCUT2D eigenvalue weighted by Gasteiger charge is 2.39. The van der Waals surface area contributed by atoms with Crippen LogP contribution in [0.4, 0.5) is 0 Å². The van der Waals surface area contributed by atoms with Crippen LogP contribution < -0.4 is 5.32 Å². The van der Waals surface area contributed by atoms with Gasteiger partial charge in [-0.25, -0.2) is 0 Å². The second-order valence-corrected chi connectivity index (χ2v) is 7.76. The van der Waals surface area contributed by atoms with Gasteiger partial charge in [0.05, 0.1) is 5.69 Å². The molecule has 0 radical (unpaired) electrons. The summed E-state index contributed by atoms with van der Waals surface area (Å²) in [5, 5.41) is 11.7. The van der Waals surface area contributed by atoms with Gasteiger partial charge in [0.1, 0.15) is 0 Å². The van der Waals surface area contributed by atoms with Crippen molar-refractivity contribution in [1.29, 1.82) is 0 Å². The van der Waals surface area contributed by atoms with E-state index in [-0.39, 0.29) is 11.3 Å². The number of fused-ring (bicyclic) bond motifs is 1. The fraction of sp³-hybridized carbons (Fsp3) is 0.474. The largest absolute Gasteiger partial charge is 0.337 e. The summed E-state index contributed by atoms with van der Waals surface area (Å²) in [6.45, 7) is 5.34. The predicted molar refractivity (Wildman–Crippen MR) is 98.4 cm³/mol. The minimum atomic E-state index is -0.243. The van der Waals surface area contributed by atoms with Gasteiger partial charge in [0.25, 0.3) is 0 Å². The highest BCUT2D eigenvalue weighted by atomic mass is 35.5. The number of rotatable bonds is 2. The highest BCUT2D eigenvalue weighted by molar-refractivity contribution is 6.30. The molecule has 1 aromatic carbocycles. The van der Waals surface area contributed by atoms with E-state index in [2.05, 4.69) is 22.4 Å². The Balaban J connectivity index is 1.59. The molecule has 2 aliphatic rings. The Morgan fingerprint density at radius 2 is 1.96 bits per heavy atom. The molecule has 4 rings (SSSR count). The van der Waals surface area contributed by atoms with Crippen molar-refractivity contribution in [3.05, 3.63) is 40.5 Å². The lowest BCUT2D eigenvalue weighted by Gasteiger charge is -2.38. The molecule has 1 aromatic heterocycles. The lowest BCUT2D eigenvalue weighted by Crippen LogP contribution is -2.49. The lowest BCUT2D eigenvalue weighted by atomic mass is 9.79. The number of carbonyl (C=O) groups is 1. The quantitative estimate of drug-likeness (QED) is 0.867. The smallest absolute Gasteiger partial charge is 0.228 e. The van der Waals surface area contributed by atoms with Gasteiger partial charge in [-0.2, -0.15) is 5.10 Å². The summed E-state index contributed by atoms with van der Waals surface area (Å²) >= 11 is 6.00. The van der Waals surface area contributed by atoms with Crippen LogP contribution in [-0.4, -0.2) is 40.6 Å². The minimum absolute atomic E-state index is 0.243. The summed E-state index contributed by atoms with van der Waals surface area (Å²) < 4.78 is 0. The van der Waals surface area contributed by atoms with Gasteiger partial charge in [0.15, 0.2) is 0 Å². The first-order valence-electron chi connectivity index (χ1n) is 8.89. The average Bonchev–Trinajstić information content (AvgIpc) is 3.05. The zero-order valence-electron chi connectivity index (χ0n) is 14.4. The number of hydrogen-bond donors (Lipinski definition) is 2. The summed E-state index contributed by atoms with van der Waals surface area (Å²) in [4.78, 5) is 15.2. The van der Waals surface area contributed by atoms with Gasteiger partial charge in [0, 0.05) is 46.8 Å². The molecule has 0 aliphatic carbocycles. The van der Waals surface area contributed by atoms with Crippen LogP contribution in [0.5, 0.6) is 0 Å². The van der Waals surface area contributed by atoms with E-state index in [4.69, 9.17) is 11.6 Å². The molecule has 0 spiro atoms. The number of hydrogen-bond acceptors (Lipinski definition) is 3. The van der Waals surface area contributed by atoms with E-state index >= 15 is 0 Å². The number of halogens is 1. The number of amides is 1. The summed E-state index contributed by atoms with van der Waals surface area (Å²) in [5.74, 6) is 0.280. The van der Waals surface area contributed by atoms with Crippen molar-refractivity contribution >= 4 is 17.5 Å². The molecule has 0 unspecified atom stereocenters. The number of nitrogens with zero attached hydrogens (tertiary/aromatic N) is 2. The van der Waals surface area contributed by atoms with Crippen molar-refractivity contribution < 1.29 is 4.79 Å². The molecule has 2 aromatic rings. The third kappa shape index (κ3) is 3.07. The van der Waals surface area contributed by atoms with Crippen LogP contribution in [0, 0.1) is 5.41 Å². The third-order valence-corrected chi connectivity index (χ3v) is 5.81. The highest BCUT2D eigenvalue weighted by Crippen LogP contribution is 2.34. The topological polar surface area (TPSA) is 61.0 Å². The van der Waals surface area contributed by atoms with Gasteiger partial charge >= 0.3 is 0 Å². The normalized spacial score (nSPS) is 19.5. The monoisotopic (exact) mass is 358 g/mol. The van der Waals surface area contributed by atoms with Crippen LogP contribution in [0.1, 0.15) is 31.0 Å². The molecule has 1 fully saturated rings. The molecular formula is C19H23ClN4O. The maximum absolute atomic E-state index is 13.1. The summed E-state index contributed by atoms with van der Waals surface area (Å²) in [6, 6.07) is 7.71. The van der Waals surface area contributed by atoms with Crippen molar-refractivity contribution in [2.75, 3.05) is 19.6 Å². The van der Waals surface area contributed by atoms with Crippen molar-refractivity contribution in [3.8, 4) is 11.3 Å². The van der Waals surface area contributed by atoms with Crippen molar-refractivity contribution in [3.63, 3.8) is 0 Å². The Kier molecular flexibility index (Phi) is 4.29. The third-order valence-electron chi connectivity index (χ3n) is 5.56. The van der Waals surface area contributed by atoms with Crippen LogP contribution in [0.3, 0.4) is 0 Å². The molecule has 3 heterocycles. The molecule has 0 atom stereocenters. The Morgan fingerprint density at radius 1 is 1.24 bits per heavy atom. The van der Waals surface area contributed by atoms with Crippen LogP contribution in [0.2, 0.25) is 5.02 Å². The molecule has 2 aliphatic heterocycles. The van der Waals surface area contributed by atoms with Crippen LogP contribution in [0.15, 0.2) is 24.3 Å². The van der Waals surface area contributed by atoms with Gasteiger partial charge in [-0.3, -0.25) is 9.89 Å². The number of carbonyl (C=O) groups excluding carboxylic acids is 1. The van der Waals surface area contributed by atoms with Crippen molar-refractivity contribution in [2.24, 2.45) is 5.41 Å². The van der Waals surface area contributed by atoms with E-state index in [9.17, 15) is 4.79 Å². The molecule has 0 saturated carbocycles. The predicted octanol–water partition coefficient (Wildman–Crippen LogP) is 3.00. The molecule has 25 heavy (non-hydrogen) atoms. The van der Waals surface area contributed by atoms with E-state index in [0.717, 1.165) is 61.4 Å². The molecule has 1 amide bonds.